The molecular weight excluding hydrogens is 442 g/mol. The standard InChI is InChI=1S/C23H27N5O4S/c1-3-32-19-7-5-4-6-17(19)18-14-33-23(25-18)26-20(29)9-8-16-15(2)24-22(27-21(16)30)28-10-12-31-13-11-28/h4-7,14H,3,8-13H2,1-2H3,(H,24,27,30)(H,25,26,29). The largest absolute Gasteiger partial charge is 0.493 e. The third-order valence-corrected chi connectivity index (χ3v) is 6.09. The molecule has 1 fully saturated rings. The molecule has 10 heteroatoms. The molecule has 3 aromatic rings. The second-order valence-electron chi connectivity index (χ2n) is 7.57. The fraction of sp³-hybridized carbons (Fsp3) is 0.391. The molecule has 0 radical (unpaired) electrons. The van der Waals surface area contributed by atoms with E-state index in [4.69, 9.17) is 9.47 Å². The van der Waals surface area contributed by atoms with Gasteiger partial charge >= 0.3 is 0 Å². The number of ether oxygens (including phenoxy) is 2. The maximum absolute atomic E-state index is 12.6. The Balaban J connectivity index is 1.38. The Labute approximate surface area is 195 Å². The maximum Gasteiger partial charge on any atom is 0.255 e. The van der Waals surface area contributed by atoms with Crippen molar-refractivity contribution in [1.29, 1.82) is 0 Å². The van der Waals surface area contributed by atoms with Gasteiger partial charge in [-0.3, -0.25) is 14.6 Å². The fourth-order valence-electron chi connectivity index (χ4n) is 3.65. The number of rotatable bonds is 8. The van der Waals surface area contributed by atoms with E-state index in [2.05, 4.69) is 20.3 Å². The Morgan fingerprint density at radius 2 is 2.06 bits per heavy atom. The van der Waals surface area contributed by atoms with Gasteiger partial charge < -0.3 is 19.7 Å². The van der Waals surface area contributed by atoms with Crippen molar-refractivity contribution in [3.05, 3.63) is 51.3 Å². The number of carbonyl (C=O) groups is 1. The summed E-state index contributed by atoms with van der Waals surface area (Å²) in [5.74, 6) is 1.10. The number of aromatic amines is 1. The highest BCUT2D eigenvalue weighted by Crippen LogP contribution is 2.32. The predicted molar refractivity (Wildman–Crippen MR) is 128 cm³/mol. The lowest BCUT2D eigenvalue weighted by molar-refractivity contribution is -0.116. The Morgan fingerprint density at radius 3 is 2.82 bits per heavy atom. The van der Waals surface area contributed by atoms with Gasteiger partial charge in [0.15, 0.2) is 5.13 Å². The molecule has 1 amide bonds. The number of thiazole rings is 1. The van der Waals surface area contributed by atoms with Crippen LogP contribution in [0.15, 0.2) is 34.4 Å². The summed E-state index contributed by atoms with van der Waals surface area (Å²) >= 11 is 1.35. The Kier molecular flexibility index (Phi) is 7.36. The summed E-state index contributed by atoms with van der Waals surface area (Å²) < 4.78 is 11.0. The van der Waals surface area contributed by atoms with E-state index in [1.807, 2.05) is 41.5 Å². The van der Waals surface area contributed by atoms with Crippen molar-refractivity contribution in [3.8, 4) is 17.0 Å². The number of hydrogen-bond acceptors (Lipinski definition) is 8. The smallest absolute Gasteiger partial charge is 0.255 e. The average Bonchev–Trinajstić information content (AvgIpc) is 3.27. The van der Waals surface area contributed by atoms with E-state index in [-0.39, 0.29) is 17.9 Å². The first-order valence-corrected chi connectivity index (χ1v) is 11.8. The first-order valence-electron chi connectivity index (χ1n) is 10.9. The zero-order chi connectivity index (χ0) is 23.2. The van der Waals surface area contributed by atoms with Crippen molar-refractivity contribution in [3.63, 3.8) is 0 Å². The van der Waals surface area contributed by atoms with Crippen molar-refractivity contribution >= 4 is 28.3 Å². The SMILES string of the molecule is CCOc1ccccc1-c1csc(NC(=O)CCc2c(C)nc(N3CCOCC3)[nH]c2=O)n1. The van der Waals surface area contributed by atoms with Gasteiger partial charge in [-0.05, 0) is 32.4 Å². The van der Waals surface area contributed by atoms with Crippen LogP contribution in [-0.4, -0.2) is 53.8 Å². The zero-order valence-corrected chi connectivity index (χ0v) is 19.5. The van der Waals surface area contributed by atoms with Crippen LogP contribution >= 0.6 is 11.3 Å². The lowest BCUT2D eigenvalue weighted by atomic mass is 10.1. The molecule has 0 saturated carbocycles. The first kappa shape index (κ1) is 22.9. The van der Waals surface area contributed by atoms with Crippen LogP contribution in [0.4, 0.5) is 11.1 Å². The number of carbonyl (C=O) groups excluding carboxylic acids is 1. The molecule has 2 aromatic heterocycles. The molecule has 4 rings (SSSR count). The molecule has 2 N–H and O–H groups in total. The third-order valence-electron chi connectivity index (χ3n) is 5.34. The maximum atomic E-state index is 12.6. The lowest BCUT2D eigenvalue weighted by Crippen LogP contribution is -2.38. The van der Waals surface area contributed by atoms with E-state index in [0.29, 0.717) is 61.7 Å². The predicted octanol–water partition coefficient (Wildman–Crippen LogP) is 3.01. The number of H-pyrrole nitrogens is 1. The van der Waals surface area contributed by atoms with Gasteiger partial charge in [-0.1, -0.05) is 12.1 Å². The second-order valence-corrected chi connectivity index (χ2v) is 8.43. The highest BCUT2D eigenvalue weighted by Gasteiger charge is 2.17. The number of benzene rings is 1. The lowest BCUT2D eigenvalue weighted by Gasteiger charge is -2.27. The average molecular weight is 470 g/mol. The Morgan fingerprint density at radius 1 is 1.27 bits per heavy atom. The monoisotopic (exact) mass is 469 g/mol. The summed E-state index contributed by atoms with van der Waals surface area (Å²) in [7, 11) is 0. The molecule has 1 saturated heterocycles. The van der Waals surface area contributed by atoms with Crippen LogP contribution in [-0.2, 0) is 16.0 Å². The van der Waals surface area contributed by atoms with Gasteiger partial charge in [-0.2, -0.15) is 0 Å². The molecule has 174 valence electrons. The number of nitrogens with one attached hydrogen (secondary N) is 2. The van der Waals surface area contributed by atoms with Crippen LogP contribution in [0.2, 0.25) is 0 Å². The molecule has 0 unspecified atom stereocenters. The molecule has 1 aliphatic rings. The van der Waals surface area contributed by atoms with Crippen molar-refractivity contribution in [2.75, 3.05) is 43.1 Å². The number of aryl methyl sites for hydroxylation is 1. The van der Waals surface area contributed by atoms with Crippen LogP contribution in [0.3, 0.4) is 0 Å². The van der Waals surface area contributed by atoms with Crippen LogP contribution in [0.25, 0.3) is 11.3 Å². The highest BCUT2D eigenvalue weighted by atomic mass is 32.1. The number of anilines is 2. The minimum absolute atomic E-state index is 0.160. The zero-order valence-electron chi connectivity index (χ0n) is 18.7. The normalized spacial score (nSPS) is 13.7. The van der Waals surface area contributed by atoms with Crippen LogP contribution < -0.4 is 20.5 Å². The minimum Gasteiger partial charge on any atom is -0.493 e. The number of aromatic nitrogens is 3. The van der Waals surface area contributed by atoms with Gasteiger partial charge in [0.25, 0.3) is 5.56 Å². The highest BCUT2D eigenvalue weighted by molar-refractivity contribution is 7.14. The number of nitrogens with zero attached hydrogens (tertiary/aromatic N) is 3. The topological polar surface area (TPSA) is 109 Å². The Hall–Kier alpha value is -3.24. The molecule has 0 spiro atoms. The molecular formula is C23H27N5O4S. The van der Waals surface area contributed by atoms with Crippen molar-refractivity contribution in [1.82, 2.24) is 15.0 Å². The van der Waals surface area contributed by atoms with Crippen molar-refractivity contribution in [2.45, 2.75) is 26.7 Å². The summed E-state index contributed by atoms with van der Waals surface area (Å²) in [5, 5.41) is 5.22. The van der Waals surface area contributed by atoms with Crippen LogP contribution in [0.1, 0.15) is 24.6 Å². The van der Waals surface area contributed by atoms with E-state index >= 15 is 0 Å². The summed E-state index contributed by atoms with van der Waals surface area (Å²) in [6, 6.07) is 7.67. The fourth-order valence-corrected chi connectivity index (χ4v) is 4.38. The molecule has 0 aliphatic carbocycles. The number of morpholine rings is 1. The molecule has 33 heavy (non-hydrogen) atoms. The molecule has 3 heterocycles. The number of para-hydroxylation sites is 1. The van der Waals surface area contributed by atoms with Gasteiger partial charge in [0.1, 0.15) is 5.75 Å². The van der Waals surface area contributed by atoms with E-state index < -0.39 is 0 Å². The van der Waals surface area contributed by atoms with E-state index in [1.165, 1.54) is 11.3 Å². The number of amides is 1. The van der Waals surface area contributed by atoms with Gasteiger partial charge in [0.2, 0.25) is 11.9 Å². The quantitative estimate of drug-likeness (QED) is 0.522. The van der Waals surface area contributed by atoms with Crippen LogP contribution in [0, 0.1) is 6.92 Å². The van der Waals surface area contributed by atoms with Crippen molar-refractivity contribution < 1.29 is 14.3 Å². The molecule has 9 nitrogen and oxygen atoms in total. The third kappa shape index (κ3) is 5.58. The summed E-state index contributed by atoms with van der Waals surface area (Å²) in [6.45, 7) is 6.90. The van der Waals surface area contributed by atoms with Crippen LogP contribution in [0.5, 0.6) is 5.75 Å². The molecule has 0 bridgehead atoms. The first-order chi connectivity index (χ1) is 16.0. The summed E-state index contributed by atoms with van der Waals surface area (Å²) in [6.07, 6.45) is 0.460. The summed E-state index contributed by atoms with van der Waals surface area (Å²) in [4.78, 5) is 39.0. The second kappa shape index (κ2) is 10.6. The van der Waals surface area contributed by atoms with Gasteiger partial charge in [-0.25, -0.2) is 9.97 Å². The van der Waals surface area contributed by atoms with Gasteiger partial charge in [0.05, 0.1) is 25.5 Å². The molecule has 1 aromatic carbocycles. The van der Waals surface area contributed by atoms with E-state index in [0.717, 1.165) is 17.0 Å². The van der Waals surface area contributed by atoms with Gasteiger partial charge in [-0.15, -0.1) is 11.3 Å². The Bertz CT molecular complexity index is 1170. The molecule has 0 atom stereocenters. The van der Waals surface area contributed by atoms with Crippen molar-refractivity contribution in [2.24, 2.45) is 0 Å². The van der Waals surface area contributed by atoms with E-state index in [9.17, 15) is 9.59 Å². The van der Waals surface area contributed by atoms with E-state index in [1.54, 1.807) is 6.92 Å². The number of hydrogen-bond donors (Lipinski definition) is 2. The minimum atomic E-state index is -0.208. The van der Waals surface area contributed by atoms with Gasteiger partial charge in [0, 0.05) is 41.7 Å². The summed E-state index contributed by atoms with van der Waals surface area (Å²) in [5.41, 5.74) is 2.57. The molecule has 1 aliphatic heterocycles.